The Kier molecular flexibility index (Phi) is 14.1. The number of fused-ring (bicyclic) bond motifs is 2. The number of carbonyl (C=O) groups is 4. The number of carbonyl (C=O) groups excluding carboxylic acids is 3. The third-order valence-corrected chi connectivity index (χ3v) is 15.6. The van der Waals surface area contributed by atoms with E-state index >= 15 is 0 Å². The summed E-state index contributed by atoms with van der Waals surface area (Å²) in [5.74, 6) is -0.703. The number of carboxylic acids is 1. The second kappa shape index (κ2) is 21.0. The van der Waals surface area contributed by atoms with Gasteiger partial charge in [-0.2, -0.15) is 0 Å². The Morgan fingerprint density at radius 3 is 2.45 bits per heavy atom. The Hall–Kier alpha value is -7.17. The Morgan fingerprint density at radius 1 is 0.845 bits per heavy atom. The quantitative estimate of drug-likeness (QED) is 0.0486. The van der Waals surface area contributed by atoms with Crippen LogP contribution in [0.5, 0.6) is 5.75 Å². The van der Waals surface area contributed by atoms with Gasteiger partial charge in [0.1, 0.15) is 11.6 Å². The van der Waals surface area contributed by atoms with Crippen LogP contribution in [0, 0.1) is 17.2 Å². The van der Waals surface area contributed by atoms with Crippen LogP contribution in [-0.2, 0) is 22.6 Å². The first-order valence-corrected chi connectivity index (χ1v) is 25.6. The van der Waals surface area contributed by atoms with Crippen molar-refractivity contribution in [2.24, 2.45) is 11.8 Å². The molecule has 5 heterocycles. The average Bonchev–Trinajstić information content (AvgIpc) is 3.81. The monoisotopic (exact) mass is 973 g/mol. The number of carboxylic acid groups (broad SMARTS) is 1. The largest absolute Gasteiger partial charge is 0.490 e. The summed E-state index contributed by atoms with van der Waals surface area (Å²) >= 11 is 1.43. The minimum Gasteiger partial charge on any atom is -0.490 e. The van der Waals surface area contributed by atoms with E-state index in [4.69, 9.17) is 15.1 Å². The third kappa shape index (κ3) is 10.6. The maximum atomic E-state index is 13.6. The van der Waals surface area contributed by atoms with Crippen LogP contribution in [0.3, 0.4) is 0 Å². The number of ether oxygens (including phenoxy) is 1. The van der Waals surface area contributed by atoms with Gasteiger partial charge in [0.25, 0.3) is 5.91 Å². The van der Waals surface area contributed by atoms with Crippen molar-refractivity contribution in [3.63, 3.8) is 0 Å². The number of amides is 3. The summed E-state index contributed by atoms with van der Waals surface area (Å²) in [7, 11) is 1.83. The molecule has 4 aromatic carbocycles. The number of para-hydroxylation sites is 1. The van der Waals surface area contributed by atoms with E-state index in [9.17, 15) is 24.3 Å². The Balaban J connectivity index is 0.691. The molecule has 15 nitrogen and oxygen atoms in total. The van der Waals surface area contributed by atoms with E-state index in [1.54, 1.807) is 0 Å². The molecule has 1 atom stereocenters. The van der Waals surface area contributed by atoms with E-state index in [-0.39, 0.29) is 35.7 Å². The van der Waals surface area contributed by atoms with Gasteiger partial charge in [0.2, 0.25) is 11.8 Å². The zero-order valence-electron chi connectivity index (χ0n) is 39.9. The van der Waals surface area contributed by atoms with Gasteiger partial charge in [-0.1, -0.05) is 47.7 Å². The number of benzene rings is 4. The van der Waals surface area contributed by atoms with E-state index < -0.39 is 17.8 Å². The Bertz CT molecular complexity index is 2960. The highest BCUT2D eigenvalue weighted by atomic mass is 32.1. The first kappa shape index (κ1) is 47.5. The number of aromatic nitrogens is 2. The molecule has 10 rings (SSSR count). The lowest BCUT2D eigenvalue weighted by molar-refractivity contribution is -0.134. The fraction of sp³-hybridized carbons (Fsp3) is 0.364. The maximum Gasteiger partial charge on any atom is 0.355 e. The van der Waals surface area contributed by atoms with Gasteiger partial charge in [0.05, 0.1) is 28.0 Å². The number of piperazine rings is 1. The molecule has 3 amide bonds. The topological polar surface area (TPSA) is 193 Å². The highest BCUT2D eigenvalue weighted by Crippen LogP contribution is 2.35. The molecule has 1 saturated carbocycles. The first-order chi connectivity index (χ1) is 34.6. The molecule has 0 bridgehead atoms. The van der Waals surface area contributed by atoms with Crippen LogP contribution >= 0.6 is 11.3 Å². The molecular weight excluding hydrogens is 915 g/mol. The summed E-state index contributed by atoms with van der Waals surface area (Å²) < 4.78 is 7.55. The molecule has 4 aliphatic rings. The van der Waals surface area contributed by atoms with Crippen molar-refractivity contribution in [1.82, 2.24) is 20.2 Å². The number of nitrogens with one attached hydrogen (secondary N) is 4. The van der Waals surface area contributed by atoms with Crippen LogP contribution < -0.4 is 30.5 Å². The minimum atomic E-state index is -1.11. The Labute approximate surface area is 417 Å². The molecular formula is C55H59N9O6S. The lowest BCUT2D eigenvalue weighted by Gasteiger charge is -2.37. The Morgan fingerprint density at radius 2 is 1.66 bits per heavy atom. The summed E-state index contributed by atoms with van der Waals surface area (Å²) in [6, 6.07) is 31.0. The van der Waals surface area contributed by atoms with Gasteiger partial charge < -0.3 is 30.4 Å². The molecule has 6 aromatic rings. The second-order valence-electron chi connectivity index (χ2n) is 19.1. The molecule has 16 heteroatoms. The number of aromatic carboxylic acids is 1. The molecule has 3 fully saturated rings. The molecule has 366 valence electrons. The van der Waals surface area contributed by atoms with Crippen molar-refractivity contribution in [2.45, 2.75) is 70.4 Å². The predicted molar refractivity (Wildman–Crippen MR) is 278 cm³/mol. The molecule has 1 aliphatic carbocycles. The SMILES string of the molecule is CNc1cc(N2CCN(CCCC3CCC(Oc4cccc(-c5ccc(N6CCc7cccc(C(=O)Nc8nc9ccccc9s8)c7C6)nc5C(=O)O)c4)CC3)CC2)ccc1C(=N)C1CCC(=O)NC1=O. The summed E-state index contributed by atoms with van der Waals surface area (Å²) in [5.41, 5.74) is 7.43. The highest BCUT2D eigenvalue weighted by Gasteiger charge is 2.32. The van der Waals surface area contributed by atoms with Crippen LogP contribution in [0.25, 0.3) is 21.3 Å². The molecule has 0 spiro atoms. The van der Waals surface area contributed by atoms with Crippen molar-refractivity contribution in [1.29, 1.82) is 5.41 Å². The van der Waals surface area contributed by atoms with Crippen LogP contribution in [0.1, 0.15) is 88.9 Å². The van der Waals surface area contributed by atoms with Crippen molar-refractivity contribution < 1.29 is 29.0 Å². The number of pyridine rings is 1. The smallest absolute Gasteiger partial charge is 0.355 e. The van der Waals surface area contributed by atoms with Crippen molar-refractivity contribution in [2.75, 3.05) is 66.7 Å². The van der Waals surface area contributed by atoms with Gasteiger partial charge in [-0.05, 0) is 141 Å². The summed E-state index contributed by atoms with van der Waals surface area (Å²) in [4.78, 5) is 66.8. The van der Waals surface area contributed by atoms with Crippen LogP contribution in [0.4, 0.5) is 22.3 Å². The van der Waals surface area contributed by atoms with E-state index in [1.807, 2.05) is 103 Å². The lowest BCUT2D eigenvalue weighted by atomic mass is 9.84. The van der Waals surface area contributed by atoms with Crippen LogP contribution in [-0.4, -0.2) is 102 Å². The van der Waals surface area contributed by atoms with Crippen LogP contribution in [0.15, 0.2) is 97.1 Å². The number of piperidine rings is 1. The van der Waals surface area contributed by atoms with Gasteiger partial charge in [0.15, 0.2) is 10.8 Å². The van der Waals surface area contributed by atoms with Crippen molar-refractivity contribution >= 4 is 73.3 Å². The lowest BCUT2D eigenvalue weighted by Crippen LogP contribution is -2.46. The number of thiazole rings is 1. The standard InChI is InChI=1S/C55H59N9O6S/c1-57-46-32-37(16-19-42(46)50(56)43-21-23-49(65)60-53(43)67)63-29-27-62(28-30-63)25-6-7-34-14-17-38(18-15-34)70-39-10-4-9-36(31-39)40-20-22-48(59-51(40)54(68)69)64-26-24-35-8-5-11-41(44(35)33-64)52(66)61-55-58-45-12-2-3-13-47(45)71-55/h2-5,8-13,16,19-20,22,31-32,34,38,43,56-57H,6-7,14-15,17-18,21,23-30,33H2,1H3,(H,68,69)(H,58,61,66)(H,60,65,67). The maximum absolute atomic E-state index is 13.6. The zero-order valence-corrected chi connectivity index (χ0v) is 40.7. The predicted octanol–water partition coefficient (Wildman–Crippen LogP) is 8.87. The molecule has 2 saturated heterocycles. The van der Waals surface area contributed by atoms with Crippen molar-refractivity contribution in [3.05, 3.63) is 125 Å². The fourth-order valence-electron chi connectivity index (χ4n) is 10.7. The summed E-state index contributed by atoms with van der Waals surface area (Å²) in [6.07, 6.45) is 7.95. The van der Waals surface area contributed by atoms with Gasteiger partial charge in [-0.25, -0.2) is 14.8 Å². The molecule has 3 aliphatic heterocycles. The summed E-state index contributed by atoms with van der Waals surface area (Å²) in [5, 5.41) is 28.3. The molecule has 1 unspecified atom stereocenters. The van der Waals surface area contributed by atoms with Crippen molar-refractivity contribution in [3.8, 4) is 16.9 Å². The van der Waals surface area contributed by atoms with Gasteiger partial charge in [-0.15, -0.1) is 0 Å². The number of rotatable bonds is 15. The zero-order chi connectivity index (χ0) is 49.0. The number of hydrogen-bond donors (Lipinski definition) is 5. The summed E-state index contributed by atoms with van der Waals surface area (Å²) in [6.45, 7) is 5.93. The third-order valence-electron chi connectivity index (χ3n) is 14.7. The number of nitrogens with zero attached hydrogens (tertiary/aromatic N) is 5. The number of anilines is 4. The van der Waals surface area contributed by atoms with E-state index in [1.165, 1.54) is 17.8 Å². The molecule has 2 aromatic heterocycles. The first-order valence-electron chi connectivity index (χ1n) is 24.8. The normalized spacial score (nSPS) is 19.5. The second-order valence-corrected chi connectivity index (χ2v) is 20.1. The van der Waals surface area contributed by atoms with Crippen LogP contribution in [0.2, 0.25) is 0 Å². The van der Waals surface area contributed by atoms with E-state index in [0.717, 1.165) is 109 Å². The fourth-order valence-corrected chi connectivity index (χ4v) is 11.6. The van der Waals surface area contributed by atoms with E-state index in [2.05, 4.69) is 36.8 Å². The number of imide groups is 1. The van der Waals surface area contributed by atoms with Gasteiger partial charge >= 0.3 is 5.97 Å². The van der Waals surface area contributed by atoms with E-state index in [0.29, 0.717) is 59.5 Å². The van der Waals surface area contributed by atoms with Gasteiger partial charge in [0, 0.05) is 80.8 Å². The van der Waals surface area contributed by atoms with Gasteiger partial charge in [-0.3, -0.25) is 29.9 Å². The average molecular weight is 974 g/mol. The minimum absolute atomic E-state index is 0.0317. The number of hydrogen-bond acceptors (Lipinski definition) is 13. The molecule has 0 radical (unpaired) electrons. The molecule has 5 N–H and O–H groups in total. The molecule has 71 heavy (non-hydrogen) atoms. The highest BCUT2D eigenvalue weighted by molar-refractivity contribution is 7.22.